The van der Waals surface area contributed by atoms with E-state index in [1.165, 1.54) is 19.2 Å². The van der Waals surface area contributed by atoms with E-state index in [9.17, 15) is 18.0 Å². The first kappa shape index (κ1) is 27.8. The first-order valence-electron chi connectivity index (χ1n) is 10.0. The summed E-state index contributed by atoms with van der Waals surface area (Å²) in [4.78, 5) is 29.5. The van der Waals surface area contributed by atoms with Crippen LogP contribution in [-0.2, 0) is 28.8 Å². The number of hydrazine groups is 2. The van der Waals surface area contributed by atoms with Gasteiger partial charge in [0.2, 0.25) is 11.8 Å². The van der Waals surface area contributed by atoms with Gasteiger partial charge in [0.05, 0.1) is 13.4 Å². The Morgan fingerprint density at radius 1 is 0.886 bits per heavy atom. The molecule has 14 heteroatoms. The summed E-state index contributed by atoms with van der Waals surface area (Å²) in [5, 5.41) is 2.48. The van der Waals surface area contributed by atoms with Gasteiger partial charge in [-0.2, -0.15) is 4.40 Å². The monoisotopic (exact) mass is 522 g/mol. The molecular formula is C21H26N6O6S2. The van der Waals surface area contributed by atoms with Gasteiger partial charge in [-0.05, 0) is 0 Å². The molecular weight excluding hydrogens is 496 g/mol. The molecule has 188 valence electrons. The van der Waals surface area contributed by atoms with Crippen LogP contribution in [0.1, 0.15) is 17.5 Å². The third-order valence-corrected chi connectivity index (χ3v) is 5.03. The van der Waals surface area contributed by atoms with Gasteiger partial charge in [-0.25, -0.2) is 13.3 Å². The van der Waals surface area contributed by atoms with Gasteiger partial charge >= 0.3 is 0 Å². The summed E-state index contributed by atoms with van der Waals surface area (Å²) in [5.41, 5.74) is 6.15. The number of amidine groups is 2. The van der Waals surface area contributed by atoms with E-state index in [0.717, 1.165) is 11.3 Å². The van der Waals surface area contributed by atoms with E-state index >= 15 is 0 Å². The van der Waals surface area contributed by atoms with Crippen LogP contribution in [0.5, 0.6) is 0 Å². The molecule has 0 spiro atoms. The molecule has 0 saturated heterocycles. The predicted molar refractivity (Wildman–Crippen MR) is 133 cm³/mol. The SMILES string of the molecule is COOS/N=C(\c1ccccc1)N(C)NC(=O)CC(=O)NN(C)/C(=N/S(C)(=O)=O)c1ccccc1. The molecule has 2 aromatic carbocycles. The third-order valence-electron chi connectivity index (χ3n) is 4.08. The molecule has 0 bridgehead atoms. The highest BCUT2D eigenvalue weighted by Gasteiger charge is 2.19. The van der Waals surface area contributed by atoms with Gasteiger partial charge in [0.25, 0.3) is 10.0 Å². The van der Waals surface area contributed by atoms with E-state index in [1.807, 2.05) is 6.07 Å². The quantitative estimate of drug-likeness (QED) is 0.0767. The molecule has 0 unspecified atom stereocenters. The van der Waals surface area contributed by atoms with Crippen molar-refractivity contribution in [2.24, 2.45) is 8.80 Å². The van der Waals surface area contributed by atoms with Crippen LogP contribution in [0.4, 0.5) is 0 Å². The van der Waals surface area contributed by atoms with Crippen LogP contribution >= 0.6 is 12.2 Å². The zero-order valence-corrected chi connectivity index (χ0v) is 21.2. The molecule has 0 aliphatic heterocycles. The summed E-state index contributed by atoms with van der Waals surface area (Å²) < 4.78 is 36.1. The molecule has 2 N–H and O–H groups in total. The van der Waals surface area contributed by atoms with Crippen LogP contribution in [0.15, 0.2) is 69.5 Å². The number of carbonyl (C=O) groups excluding carboxylic acids is 2. The highest BCUT2D eigenvalue weighted by molar-refractivity contribution is 7.93. The molecule has 0 heterocycles. The lowest BCUT2D eigenvalue weighted by atomic mass is 10.2. The van der Waals surface area contributed by atoms with Gasteiger partial charge in [0.15, 0.2) is 23.9 Å². The van der Waals surface area contributed by atoms with Gasteiger partial charge in [0, 0.05) is 25.2 Å². The average Bonchev–Trinajstić information content (AvgIpc) is 2.80. The molecule has 2 rings (SSSR count). The fourth-order valence-corrected chi connectivity index (χ4v) is 3.66. The number of nitrogens with zero attached hydrogens (tertiary/aromatic N) is 4. The lowest BCUT2D eigenvalue weighted by Crippen LogP contribution is -2.48. The minimum absolute atomic E-state index is 0.00681. The van der Waals surface area contributed by atoms with Crippen molar-refractivity contribution < 1.29 is 27.2 Å². The second-order valence-electron chi connectivity index (χ2n) is 6.97. The Morgan fingerprint density at radius 2 is 1.34 bits per heavy atom. The van der Waals surface area contributed by atoms with Crippen molar-refractivity contribution in [2.75, 3.05) is 27.5 Å². The number of amides is 2. The van der Waals surface area contributed by atoms with E-state index in [1.54, 1.807) is 61.6 Å². The second kappa shape index (κ2) is 13.4. The van der Waals surface area contributed by atoms with Crippen LogP contribution in [0.25, 0.3) is 0 Å². The molecule has 0 atom stereocenters. The molecule has 0 aliphatic carbocycles. The number of carbonyl (C=O) groups is 2. The topological polar surface area (TPSA) is 142 Å². The van der Waals surface area contributed by atoms with Crippen molar-refractivity contribution in [2.45, 2.75) is 6.42 Å². The van der Waals surface area contributed by atoms with Crippen LogP contribution in [0.3, 0.4) is 0 Å². The largest absolute Gasteiger partial charge is 0.273 e. The third kappa shape index (κ3) is 9.74. The van der Waals surface area contributed by atoms with Gasteiger partial charge in [-0.15, -0.1) is 8.73 Å². The van der Waals surface area contributed by atoms with E-state index in [4.69, 9.17) is 4.33 Å². The van der Waals surface area contributed by atoms with Crippen molar-refractivity contribution >= 4 is 45.7 Å². The normalized spacial score (nSPS) is 12.1. The Bertz CT molecular complexity index is 1160. The number of sulfonamides is 1. The molecule has 0 aromatic heterocycles. The van der Waals surface area contributed by atoms with Crippen LogP contribution in [-0.4, -0.2) is 69.4 Å². The van der Waals surface area contributed by atoms with Gasteiger partial charge < -0.3 is 0 Å². The first-order chi connectivity index (χ1) is 16.6. The van der Waals surface area contributed by atoms with Gasteiger partial charge in [-0.3, -0.25) is 30.5 Å². The van der Waals surface area contributed by atoms with Crippen LogP contribution in [0, 0.1) is 0 Å². The summed E-state index contributed by atoms with van der Waals surface area (Å²) in [7, 11) is 0.539. The summed E-state index contributed by atoms with van der Waals surface area (Å²) in [6, 6.07) is 17.4. The fraction of sp³-hybridized carbons (Fsp3) is 0.238. The minimum atomic E-state index is -3.76. The van der Waals surface area contributed by atoms with Crippen molar-refractivity contribution in [3.05, 3.63) is 71.8 Å². The lowest BCUT2D eigenvalue weighted by molar-refractivity contribution is -0.160. The van der Waals surface area contributed by atoms with E-state index in [2.05, 4.69) is 24.5 Å². The molecule has 0 radical (unpaired) electrons. The summed E-state index contributed by atoms with van der Waals surface area (Å²) in [5.74, 6) is -0.996. The van der Waals surface area contributed by atoms with Crippen molar-refractivity contribution in [1.82, 2.24) is 20.9 Å². The average molecular weight is 523 g/mol. The molecule has 2 amide bonds. The first-order valence-corrected chi connectivity index (χ1v) is 12.6. The van der Waals surface area contributed by atoms with E-state index < -0.39 is 28.3 Å². The highest BCUT2D eigenvalue weighted by atomic mass is 32.2. The van der Waals surface area contributed by atoms with Crippen LogP contribution < -0.4 is 10.9 Å². The maximum absolute atomic E-state index is 12.5. The summed E-state index contributed by atoms with van der Waals surface area (Å²) in [6.07, 6.45) is 0.385. The predicted octanol–water partition coefficient (Wildman–Crippen LogP) is 1.30. The Hall–Kier alpha value is -3.46. The van der Waals surface area contributed by atoms with Crippen LogP contribution in [0.2, 0.25) is 0 Å². The Balaban J connectivity index is 2.07. The number of rotatable bonds is 8. The Morgan fingerprint density at radius 3 is 1.80 bits per heavy atom. The molecule has 2 aromatic rings. The molecule has 12 nitrogen and oxygen atoms in total. The van der Waals surface area contributed by atoms with Crippen molar-refractivity contribution in [3.63, 3.8) is 0 Å². The van der Waals surface area contributed by atoms with Gasteiger partial charge in [-0.1, -0.05) is 60.7 Å². The molecule has 35 heavy (non-hydrogen) atoms. The highest BCUT2D eigenvalue weighted by Crippen LogP contribution is 2.11. The molecule has 0 fully saturated rings. The lowest BCUT2D eigenvalue weighted by Gasteiger charge is -2.23. The van der Waals surface area contributed by atoms with Gasteiger partial charge in [0.1, 0.15) is 6.42 Å². The zero-order valence-electron chi connectivity index (χ0n) is 19.5. The Kier molecular flexibility index (Phi) is 10.7. The minimum Gasteiger partial charge on any atom is -0.273 e. The number of hydrogen-bond donors (Lipinski definition) is 2. The Labute approximate surface area is 208 Å². The zero-order chi connectivity index (χ0) is 25.8. The number of hydrogen-bond acceptors (Lipinski definition) is 8. The standard InChI is InChI=1S/C21H26N6O6S2/c1-26(20(24-34-33-32-3)16-11-7-5-8-12-16)22-18(28)15-19(29)23-27(2)21(25-35(4,30)31)17-13-9-6-10-14-17/h5-14H,15H2,1-4H3,(H,22,28)(H,23,29)/b24-20+,25-21+. The number of benzene rings is 2. The fourth-order valence-electron chi connectivity index (χ4n) is 2.73. The van der Waals surface area contributed by atoms with Crippen molar-refractivity contribution in [1.29, 1.82) is 0 Å². The smallest absolute Gasteiger partial charge is 0.252 e. The maximum atomic E-state index is 12.5. The number of nitrogens with one attached hydrogen (secondary N) is 2. The molecule has 0 aliphatic rings. The maximum Gasteiger partial charge on any atom is 0.252 e. The summed E-state index contributed by atoms with van der Waals surface area (Å²) >= 11 is 0.664. The summed E-state index contributed by atoms with van der Waals surface area (Å²) in [6.45, 7) is 0. The van der Waals surface area contributed by atoms with E-state index in [-0.39, 0.29) is 5.84 Å². The van der Waals surface area contributed by atoms with Crippen molar-refractivity contribution in [3.8, 4) is 0 Å². The second-order valence-corrected chi connectivity index (χ2v) is 9.09. The van der Waals surface area contributed by atoms with E-state index in [0.29, 0.717) is 29.2 Å². The molecule has 0 saturated carbocycles.